The number of carbonyl (C=O) groups excluding carboxylic acids is 1. The SMILES string of the molecule is Cc1cccc(C(C)C)c1NC(=O)c1ccc(Cl)c(S(=O)(=O)Nc2ccccc2)c1. The third kappa shape index (κ3) is 4.83. The lowest BCUT2D eigenvalue weighted by molar-refractivity contribution is 0.102. The van der Waals surface area contributed by atoms with Crippen LogP contribution in [0, 0.1) is 6.92 Å². The Bertz CT molecular complexity index is 1180. The topological polar surface area (TPSA) is 75.3 Å². The summed E-state index contributed by atoms with van der Waals surface area (Å²) in [4.78, 5) is 12.8. The number of para-hydroxylation sites is 2. The Morgan fingerprint density at radius 2 is 1.67 bits per heavy atom. The lowest BCUT2D eigenvalue weighted by Gasteiger charge is -2.17. The molecular formula is C23H23ClN2O3S. The molecule has 0 bridgehead atoms. The summed E-state index contributed by atoms with van der Waals surface area (Å²) in [7, 11) is -3.96. The molecule has 0 atom stereocenters. The molecule has 0 unspecified atom stereocenters. The van der Waals surface area contributed by atoms with Crippen LogP contribution in [0.25, 0.3) is 0 Å². The zero-order valence-electron chi connectivity index (χ0n) is 16.9. The summed E-state index contributed by atoms with van der Waals surface area (Å²) in [6, 6.07) is 18.5. The van der Waals surface area contributed by atoms with Gasteiger partial charge in [-0.25, -0.2) is 8.42 Å². The standard InChI is InChI=1S/C23H23ClN2O3S/c1-15(2)19-11-7-8-16(3)22(19)25-23(27)17-12-13-20(24)21(14-17)30(28,29)26-18-9-5-4-6-10-18/h4-15,26H,1-3H3,(H,25,27). The van der Waals surface area contributed by atoms with E-state index in [1.54, 1.807) is 30.3 Å². The van der Waals surface area contributed by atoms with E-state index in [9.17, 15) is 13.2 Å². The highest BCUT2D eigenvalue weighted by molar-refractivity contribution is 7.92. The smallest absolute Gasteiger partial charge is 0.263 e. The average molecular weight is 443 g/mol. The van der Waals surface area contributed by atoms with Crippen molar-refractivity contribution in [1.82, 2.24) is 0 Å². The van der Waals surface area contributed by atoms with Gasteiger partial charge in [-0.1, -0.05) is 61.8 Å². The second-order valence-corrected chi connectivity index (χ2v) is 9.32. The maximum atomic E-state index is 12.9. The Morgan fingerprint density at radius 1 is 0.967 bits per heavy atom. The zero-order valence-corrected chi connectivity index (χ0v) is 18.5. The molecule has 0 saturated carbocycles. The molecule has 1 amide bonds. The number of anilines is 2. The monoisotopic (exact) mass is 442 g/mol. The van der Waals surface area contributed by atoms with Crippen molar-refractivity contribution in [1.29, 1.82) is 0 Å². The Labute approximate surface area is 182 Å². The number of carbonyl (C=O) groups is 1. The van der Waals surface area contributed by atoms with Gasteiger partial charge in [-0.15, -0.1) is 0 Å². The summed E-state index contributed by atoms with van der Waals surface area (Å²) >= 11 is 6.15. The first kappa shape index (κ1) is 21.9. The van der Waals surface area contributed by atoms with Crippen LogP contribution in [0.3, 0.4) is 0 Å². The molecule has 3 aromatic carbocycles. The van der Waals surface area contributed by atoms with E-state index in [4.69, 9.17) is 11.6 Å². The Morgan fingerprint density at radius 3 is 2.33 bits per heavy atom. The van der Waals surface area contributed by atoms with Gasteiger partial charge in [0.1, 0.15) is 4.90 Å². The molecule has 3 rings (SSSR count). The van der Waals surface area contributed by atoms with E-state index in [1.165, 1.54) is 18.2 Å². The first-order valence-electron chi connectivity index (χ1n) is 9.47. The van der Waals surface area contributed by atoms with E-state index in [1.807, 2.05) is 39.0 Å². The highest BCUT2D eigenvalue weighted by atomic mass is 35.5. The van der Waals surface area contributed by atoms with Crippen molar-refractivity contribution >= 4 is 38.9 Å². The Kier molecular flexibility index (Phi) is 6.48. The third-order valence-electron chi connectivity index (χ3n) is 4.67. The van der Waals surface area contributed by atoms with Gasteiger partial charge < -0.3 is 5.32 Å². The van der Waals surface area contributed by atoms with Crippen LogP contribution in [0.2, 0.25) is 5.02 Å². The molecule has 0 saturated heterocycles. The molecule has 2 N–H and O–H groups in total. The van der Waals surface area contributed by atoms with Crippen molar-refractivity contribution < 1.29 is 13.2 Å². The summed E-state index contributed by atoms with van der Waals surface area (Å²) in [5.41, 5.74) is 3.29. The molecule has 0 radical (unpaired) electrons. The Balaban J connectivity index is 1.93. The van der Waals surface area contributed by atoms with Gasteiger partial charge in [0.05, 0.1) is 5.02 Å². The summed E-state index contributed by atoms with van der Waals surface area (Å²) in [5, 5.41) is 2.96. The number of sulfonamides is 1. The van der Waals surface area contributed by atoms with Crippen molar-refractivity contribution in [2.45, 2.75) is 31.6 Å². The number of hydrogen-bond donors (Lipinski definition) is 2. The maximum absolute atomic E-state index is 12.9. The molecule has 0 aliphatic rings. The molecule has 0 spiro atoms. The lowest BCUT2D eigenvalue weighted by Crippen LogP contribution is -2.17. The van der Waals surface area contributed by atoms with Crippen molar-refractivity contribution in [2.75, 3.05) is 10.0 Å². The molecule has 3 aromatic rings. The minimum atomic E-state index is -3.96. The molecule has 0 aromatic heterocycles. The summed E-state index contributed by atoms with van der Waals surface area (Å²) in [5.74, 6) is -0.185. The normalized spacial score (nSPS) is 11.4. The first-order valence-corrected chi connectivity index (χ1v) is 11.3. The van der Waals surface area contributed by atoms with Crippen molar-refractivity contribution in [3.63, 3.8) is 0 Å². The van der Waals surface area contributed by atoms with Crippen LogP contribution in [0.15, 0.2) is 71.6 Å². The van der Waals surface area contributed by atoms with Gasteiger partial charge in [-0.05, 0) is 54.3 Å². The van der Waals surface area contributed by atoms with Crippen LogP contribution >= 0.6 is 11.6 Å². The van der Waals surface area contributed by atoms with E-state index >= 15 is 0 Å². The first-order chi connectivity index (χ1) is 14.2. The maximum Gasteiger partial charge on any atom is 0.263 e. The number of aryl methyl sites for hydroxylation is 1. The van der Waals surface area contributed by atoms with Gasteiger partial charge in [-0.3, -0.25) is 9.52 Å². The van der Waals surface area contributed by atoms with Gasteiger partial charge in [0, 0.05) is 16.9 Å². The highest BCUT2D eigenvalue weighted by Gasteiger charge is 2.21. The van der Waals surface area contributed by atoms with Gasteiger partial charge in [-0.2, -0.15) is 0 Å². The number of rotatable bonds is 6. The van der Waals surface area contributed by atoms with Gasteiger partial charge in [0.25, 0.3) is 15.9 Å². The predicted octanol–water partition coefficient (Wildman–Crippen LogP) is 5.82. The molecule has 5 nitrogen and oxygen atoms in total. The molecule has 0 aliphatic heterocycles. The largest absolute Gasteiger partial charge is 0.321 e. The van der Waals surface area contributed by atoms with Gasteiger partial charge >= 0.3 is 0 Å². The summed E-state index contributed by atoms with van der Waals surface area (Å²) in [6.45, 7) is 6.02. The van der Waals surface area contributed by atoms with E-state index in [-0.39, 0.29) is 21.4 Å². The van der Waals surface area contributed by atoms with E-state index < -0.39 is 15.9 Å². The summed E-state index contributed by atoms with van der Waals surface area (Å²) < 4.78 is 28.1. The molecule has 30 heavy (non-hydrogen) atoms. The molecule has 0 aliphatic carbocycles. The lowest BCUT2D eigenvalue weighted by atomic mass is 9.98. The number of hydrogen-bond acceptors (Lipinski definition) is 3. The van der Waals surface area contributed by atoms with Crippen LogP contribution in [-0.2, 0) is 10.0 Å². The van der Waals surface area contributed by atoms with Crippen molar-refractivity contribution in [3.05, 3.63) is 88.4 Å². The van der Waals surface area contributed by atoms with Crippen LogP contribution in [-0.4, -0.2) is 14.3 Å². The number of benzene rings is 3. The number of nitrogens with one attached hydrogen (secondary N) is 2. The molecule has 0 heterocycles. The minimum Gasteiger partial charge on any atom is -0.321 e. The molecule has 0 fully saturated rings. The van der Waals surface area contributed by atoms with E-state index in [2.05, 4.69) is 10.0 Å². The average Bonchev–Trinajstić information content (AvgIpc) is 2.69. The second-order valence-electron chi connectivity index (χ2n) is 7.26. The Hall–Kier alpha value is -2.83. The third-order valence-corrected chi connectivity index (χ3v) is 6.54. The van der Waals surface area contributed by atoms with Crippen LogP contribution < -0.4 is 10.0 Å². The fourth-order valence-electron chi connectivity index (χ4n) is 3.09. The number of amides is 1. The van der Waals surface area contributed by atoms with Crippen LogP contribution in [0.1, 0.15) is 41.3 Å². The fourth-order valence-corrected chi connectivity index (χ4v) is 4.68. The van der Waals surface area contributed by atoms with Gasteiger partial charge in [0.15, 0.2) is 0 Å². The zero-order chi connectivity index (χ0) is 21.9. The molecule has 7 heteroatoms. The van der Waals surface area contributed by atoms with Gasteiger partial charge in [0.2, 0.25) is 0 Å². The fraction of sp³-hybridized carbons (Fsp3) is 0.174. The van der Waals surface area contributed by atoms with Crippen LogP contribution in [0.5, 0.6) is 0 Å². The van der Waals surface area contributed by atoms with E-state index in [0.29, 0.717) is 5.69 Å². The number of halogens is 1. The summed E-state index contributed by atoms with van der Waals surface area (Å²) in [6.07, 6.45) is 0. The minimum absolute atomic E-state index is 0.0359. The van der Waals surface area contributed by atoms with E-state index in [0.717, 1.165) is 16.8 Å². The van der Waals surface area contributed by atoms with Crippen molar-refractivity contribution in [2.24, 2.45) is 0 Å². The molecular weight excluding hydrogens is 420 g/mol. The second kappa shape index (κ2) is 8.90. The predicted molar refractivity (Wildman–Crippen MR) is 122 cm³/mol. The van der Waals surface area contributed by atoms with Crippen molar-refractivity contribution in [3.8, 4) is 0 Å². The van der Waals surface area contributed by atoms with Crippen LogP contribution in [0.4, 0.5) is 11.4 Å². The quantitative estimate of drug-likeness (QED) is 0.504. The highest BCUT2D eigenvalue weighted by Crippen LogP contribution is 2.29. The molecule has 156 valence electrons.